The molecule has 1 aliphatic rings. The average Bonchev–Trinajstić information content (AvgIpc) is 2.96. The van der Waals surface area contributed by atoms with Crippen molar-refractivity contribution in [1.82, 2.24) is 0 Å². The van der Waals surface area contributed by atoms with Gasteiger partial charge in [-0.15, -0.1) is 0 Å². The minimum atomic E-state index is -0.0977. The zero-order valence-corrected chi connectivity index (χ0v) is 13.1. The Morgan fingerprint density at radius 3 is 2.21 bits per heavy atom. The monoisotopic (exact) mass is 274 g/mol. The van der Waals surface area contributed by atoms with Crippen LogP contribution in [-0.4, -0.2) is 19.7 Å². The number of benzene rings is 1. The van der Waals surface area contributed by atoms with Crippen molar-refractivity contribution >= 4 is 14.8 Å². The molecule has 0 amide bonds. The van der Waals surface area contributed by atoms with Gasteiger partial charge in [0.25, 0.3) is 0 Å². The zero-order valence-electron chi connectivity index (χ0n) is 11.9. The van der Waals surface area contributed by atoms with Gasteiger partial charge in [0.2, 0.25) is 0 Å². The third-order valence-corrected chi connectivity index (χ3v) is 3.05. The summed E-state index contributed by atoms with van der Waals surface area (Å²) in [5.41, 5.74) is 0.438. The van der Waals surface area contributed by atoms with Crippen molar-refractivity contribution in [3.05, 3.63) is 30.2 Å². The van der Waals surface area contributed by atoms with Crippen LogP contribution in [0.15, 0.2) is 18.2 Å². The number of carbonyl (C=O) groups is 1. The summed E-state index contributed by atoms with van der Waals surface area (Å²) >= 11 is 0. The van der Waals surface area contributed by atoms with Gasteiger partial charge in [-0.05, 0) is 12.1 Å². The molecule has 0 aromatic heterocycles. The van der Waals surface area contributed by atoms with Crippen LogP contribution in [0, 0.1) is 6.42 Å². The van der Waals surface area contributed by atoms with Gasteiger partial charge in [0.1, 0.15) is 11.5 Å². The third-order valence-electron chi connectivity index (χ3n) is 2.74. The summed E-state index contributed by atoms with van der Waals surface area (Å²) in [5.74, 6) is 1.20. The van der Waals surface area contributed by atoms with E-state index >= 15 is 0 Å². The maximum Gasteiger partial charge on any atom is 1.00 e. The molecule has 0 N–H and O–H groups in total. The van der Waals surface area contributed by atoms with Gasteiger partial charge in [-0.1, -0.05) is 22.1 Å². The maximum atomic E-state index is 11.1. The van der Waals surface area contributed by atoms with Crippen LogP contribution in [-0.2, 0) is 0 Å². The minimum Gasteiger partial charge on any atom is -0.497 e. The molecule has 1 unspecified atom stereocenters. The molecule has 1 atom stereocenters. The molecule has 0 heterocycles. The fourth-order valence-electron chi connectivity index (χ4n) is 1.72. The van der Waals surface area contributed by atoms with Gasteiger partial charge in [0.05, 0.1) is 19.8 Å². The molecule has 100 valence electrons. The summed E-state index contributed by atoms with van der Waals surface area (Å²) < 4.78 is 10.0. The number of methoxy groups -OCH3 is 2. The molecule has 0 aliphatic heterocycles. The quantitative estimate of drug-likeness (QED) is 0.457. The van der Waals surface area contributed by atoms with Gasteiger partial charge in [-0.25, -0.2) is 0 Å². The normalized spacial score (nSPS) is 12.8. The van der Waals surface area contributed by atoms with Gasteiger partial charge < -0.3 is 15.9 Å². The number of ether oxygens (including phenoxy) is 2. The van der Waals surface area contributed by atoms with Crippen LogP contribution in [0.25, 0.3) is 0 Å². The van der Waals surface area contributed by atoms with Gasteiger partial charge in [0, 0.05) is 6.07 Å². The molecule has 1 fully saturated rings. The summed E-state index contributed by atoms with van der Waals surface area (Å²) in [6, 6.07) is 5.07. The second-order valence-electron chi connectivity index (χ2n) is 4.00. The molecule has 0 bridgehead atoms. The van der Waals surface area contributed by atoms with Gasteiger partial charge in [-0.3, -0.25) is 4.79 Å². The van der Waals surface area contributed by atoms with E-state index in [4.69, 9.17) is 9.47 Å². The van der Waals surface area contributed by atoms with Gasteiger partial charge in [0.15, 0.2) is 5.52 Å². The molecule has 5 heteroatoms. The van der Waals surface area contributed by atoms with Crippen LogP contribution < -0.4 is 28.3 Å². The number of hydrogen-bond donors (Lipinski definition) is 0. The van der Waals surface area contributed by atoms with Crippen LogP contribution in [0.3, 0.4) is 0 Å². The molecule has 1 aliphatic carbocycles. The van der Waals surface area contributed by atoms with Crippen molar-refractivity contribution in [3.8, 4) is 11.5 Å². The van der Waals surface area contributed by atoms with E-state index < -0.39 is 0 Å². The molecular formula is C14H20LiO3P. The van der Waals surface area contributed by atoms with E-state index in [1.54, 1.807) is 25.3 Å². The first-order valence-corrected chi connectivity index (χ1v) is 6.60. The fraction of sp³-hybridized carbons (Fsp3) is 0.429. The fourth-order valence-corrected chi connectivity index (χ4v) is 1.96. The van der Waals surface area contributed by atoms with Crippen molar-refractivity contribution in [2.45, 2.75) is 25.7 Å². The van der Waals surface area contributed by atoms with Gasteiger partial charge in [-0.2, -0.15) is 12.8 Å². The van der Waals surface area contributed by atoms with Crippen LogP contribution in [0.4, 0.5) is 0 Å². The van der Waals surface area contributed by atoms with E-state index in [0.29, 0.717) is 17.1 Å². The van der Waals surface area contributed by atoms with E-state index in [0.717, 1.165) is 0 Å². The molecule has 1 saturated carbocycles. The number of carbonyl (C=O) groups excluding carboxylic acids is 1. The Hall–Kier alpha value is -0.483. The molecule has 2 rings (SSSR count). The first-order valence-electron chi connectivity index (χ1n) is 6.02. The van der Waals surface area contributed by atoms with Crippen LogP contribution in [0.1, 0.15) is 36.0 Å². The van der Waals surface area contributed by atoms with E-state index in [9.17, 15) is 4.79 Å². The Morgan fingerprint density at radius 2 is 1.84 bits per heavy atom. The Kier molecular flexibility index (Phi) is 10.1. The topological polar surface area (TPSA) is 35.5 Å². The summed E-state index contributed by atoms with van der Waals surface area (Å²) in [5, 5.41) is 0. The number of hydrogen-bond acceptors (Lipinski definition) is 3. The van der Waals surface area contributed by atoms with E-state index in [2.05, 4.69) is 15.7 Å². The summed E-state index contributed by atoms with van der Waals surface area (Å²) in [4.78, 5) is 11.1. The molecule has 0 radical (unpaired) electrons. The predicted octanol–water partition coefficient (Wildman–Crippen LogP) is 0.488. The standard InChI is InChI=1S/C9H11O3P.C5H9.Li/c1-11-6-3-4-7(9(10)13)8(5-6)12-2;1-2-4-5-3-1;/h3-5H,13H2,1-2H3;1H,2-5H2;/q;-1;+1. The van der Waals surface area contributed by atoms with Crippen molar-refractivity contribution in [2.24, 2.45) is 0 Å². The molecule has 0 spiro atoms. The van der Waals surface area contributed by atoms with Crippen molar-refractivity contribution in [3.63, 3.8) is 0 Å². The summed E-state index contributed by atoms with van der Waals surface area (Å²) in [7, 11) is 5.19. The Bertz CT molecular complexity index is 385. The molecule has 0 saturated heterocycles. The molecule has 1 aromatic rings. The largest absolute Gasteiger partial charge is 1.00 e. The average molecular weight is 274 g/mol. The van der Waals surface area contributed by atoms with Crippen molar-refractivity contribution in [1.29, 1.82) is 0 Å². The number of rotatable bonds is 3. The van der Waals surface area contributed by atoms with Gasteiger partial charge >= 0.3 is 18.9 Å². The van der Waals surface area contributed by atoms with Crippen molar-refractivity contribution in [2.75, 3.05) is 14.2 Å². The second kappa shape index (κ2) is 10.3. The Morgan fingerprint density at radius 1 is 1.21 bits per heavy atom. The van der Waals surface area contributed by atoms with E-state index in [-0.39, 0.29) is 24.4 Å². The van der Waals surface area contributed by atoms with E-state index in [1.165, 1.54) is 32.8 Å². The van der Waals surface area contributed by atoms with E-state index in [1.807, 2.05) is 0 Å². The smallest absolute Gasteiger partial charge is 0.497 e. The molecule has 19 heavy (non-hydrogen) atoms. The second-order valence-corrected chi connectivity index (χ2v) is 4.53. The SMILES string of the molecule is COc1ccc(C(=O)P)c(OC)c1.[CH-]1CCCC1.[Li+]. The Labute approximate surface area is 129 Å². The van der Waals surface area contributed by atoms with Crippen LogP contribution in [0.5, 0.6) is 11.5 Å². The van der Waals surface area contributed by atoms with Crippen LogP contribution in [0.2, 0.25) is 0 Å². The maximum absolute atomic E-state index is 11.1. The Balaban J connectivity index is 0.000000454. The minimum absolute atomic E-state index is 0. The first-order chi connectivity index (χ1) is 8.69. The van der Waals surface area contributed by atoms with Crippen LogP contribution >= 0.6 is 9.24 Å². The molecule has 3 nitrogen and oxygen atoms in total. The third kappa shape index (κ3) is 6.48. The predicted molar refractivity (Wildman–Crippen MR) is 76.4 cm³/mol. The first kappa shape index (κ1) is 18.5. The molecular weight excluding hydrogens is 254 g/mol. The van der Waals surface area contributed by atoms with Crippen molar-refractivity contribution < 1.29 is 33.1 Å². The summed E-state index contributed by atoms with van der Waals surface area (Å²) in [6.45, 7) is 0. The molecule has 1 aromatic carbocycles. The summed E-state index contributed by atoms with van der Waals surface area (Å²) in [6.07, 6.45) is 8.00. The zero-order chi connectivity index (χ0) is 13.4.